The number of ether oxygens (including phenoxy) is 1. The average molecular weight is 408 g/mol. The van der Waals surface area contributed by atoms with Gasteiger partial charge in [0.05, 0.1) is 5.56 Å². The monoisotopic (exact) mass is 408 g/mol. The van der Waals surface area contributed by atoms with Crippen LogP contribution in [0.15, 0.2) is 42.5 Å². The number of hydrogen-bond acceptors (Lipinski definition) is 4. The number of halogens is 3. The molecule has 1 unspecified atom stereocenters. The van der Waals surface area contributed by atoms with Crippen molar-refractivity contribution in [3.63, 3.8) is 0 Å². The lowest BCUT2D eigenvalue weighted by molar-refractivity contribution is -0.137. The van der Waals surface area contributed by atoms with Gasteiger partial charge in [-0.15, -0.1) is 0 Å². The van der Waals surface area contributed by atoms with Crippen molar-refractivity contribution in [2.24, 2.45) is 0 Å². The van der Waals surface area contributed by atoms with Crippen molar-refractivity contribution in [2.45, 2.75) is 26.1 Å². The number of nitrogens with zero attached hydrogens (tertiary/aromatic N) is 2. The molecule has 1 N–H and O–H groups in total. The lowest BCUT2D eigenvalue weighted by Crippen LogP contribution is -2.49. The third-order valence-electron chi connectivity index (χ3n) is 5.02. The predicted octanol–water partition coefficient (Wildman–Crippen LogP) is 3.88. The number of alkyl halides is 3. The largest absolute Gasteiger partial charge is 0.491 e. The molecular weight excluding hydrogens is 381 g/mol. The van der Waals surface area contributed by atoms with Crippen molar-refractivity contribution in [2.75, 3.05) is 44.2 Å². The molecule has 1 fully saturated rings. The highest BCUT2D eigenvalue weighted by Gasteiger charge is 2.31. The van der Waals surface area contributed by atoms with Gasteiger partial charge in [-0.2, -0.15) is 13.2 Å². The van der Waals surface area contributed by atoms with Crippen molar-refractivity contribution in [1.29, 1.82) is 0 Å². The summed E-state index contributed by atoms with van der Waals surface area (Å²) in [7, 11) is 0. The molecule has 4 nitrogen and oxygen atoms in total. The van der Waals surface area contributed by atoms with Gasteiger partial charge >= 0.3 is 6.18 Å². The Balaban J connectivity index is 1.47. The summed E-state index contributed by atoms with van der Waals surface area (Å²) >= 11 is 0. The van der Waals surface area contributed by atoms with E-state index in [2.05, 4.69) is 11.0 Å². The molecule has 0 aromatic heterocycles. The van der Waals surface area contributed by atoms with Gasteiger partial charge in [0.1, 0.15) is 18.5 Å². The van der Waals surface area contributed by atoms with E-state index in [0.717, 1.165) is 22.9 Å². The lowest BCUT2D eigenvalue weighted by Gasteiger charge is -2.37. The average Bonchev–Trinajstić information content (AvgIpc) is 2.66. The molecule has 3 rings (SSSR count). The number of aliphatic hydroxyl groups excluding tert-OH is 1. The maximum atomic E-state index is 12.9. The summed E-state index contributed by atoms with van der Waals surface area (Å²) < 4.78 is 44.5. The van der Waals surface area contributed by atoms with Gasteiger partial charge in [-0.05, 0) is 55.3 Å². The molecule has 0 amide bonds. The summed E-state index contributed by atoms with van der Waals surface area (Å²) in [5.74, 6) is 0.746. The molecule has 158 valence electrons. The summed E-state index contributed by atoms with van der Waals surface area (Å²) in [6.07, 6.45) is -4.96. The Hall–Kier alpha value is -2.25. The zero-order valence-corrected chi connectivity index (χ0v) is 16.7. The maximum absolute atomic E-state index is 12.9. The van der Waals surface area contributed by atoms with E-state index in [9.17, 15) is 18.3 Å². The van der Waals surface area contributed by atoms with Gasteiger partial charge in [0.2, 0.25) is 0 Å². The fraction of sp³-hybridized carbons (Fsp3) is 0.455. The normalized spacial score (nSPS) is 16.7. The molecule has 0 bridgehead atoms. The molecule has 29 heavy (non-hydrogen) atoms. The van der Waals surface area contributed by atoms with E-state index in [1.54, 1.807) is 6.07 Å². The van der Waals surface area contributed by atoms with E-state index in [-0.39, 0.29) is 6.61 Å². The summed E-state index contributed by atoms with van der Waals surface area (Å²) in [5.41, 5.74) is 2.18. The predicted molar refractivity (Wildman–Crippen MR) is 108 cm³/mol. The minimum absolute atomic E-state index is 0.205. The smallest absolute Gasteiger partial charge is 0.416 e. The first kappa shape index (κ1) is 21.5. The van der Waals surface area contributed by atoms with Crippen LogP contribution in [0, 0.1) is 13.8 Å². The zero-order chi connectivity index (χ0) is 21.0. The van der Waals surface area contributed by atoms with Crippen LogP contribution in [-0.4, -0.2) is 55.4 Å². The Morgan fingerprint density at radius 2 is 1.66 bits per heavy atom. The van der Waals surface area contributed by atoms with Gasteiger partial charge in [0, 0.05) is 38.4 Å². The van der Waals surface area contributed by atoms with Gasteiger partial charge in [0.25, 0.3) is 0 Å². The number of rotatable bonds is 6. The van der Waals surface area contributed by atoms with E-state index >= 15 is 0 Å². The Bertz CT molecular complexity index is 798. The van der Waals surface area contributed by atoms with E-state index in [0.29, 0.717) is 38.4 Å². The van der Waals surface area contributed by atoms with Gasteiger partial charge in [-0.1, -0.05) is 12.1 Å². The first-order valence-electron chi connectivity index (χ1n) is 9.74. The van der Waals surface area contributed by atoms with Crippen LogP contribution in [0.2, 0.25) is 0 Å². The SMILES string of the molecule is Cc1cc(C)cc(OCC(O)CN2CCN(c3cccc(C(F)(F)F)c3)CC2)c1. The second-order valence-electron chi connectivity index (χ2n) is 7.62. The highest BCUT2D eigenvalue weighted by Crippen LogP contribution is 2.31. The number of aliphatic hydroxyl groups is 1. The Labute approximate surface area is 169 Å². The molecule has 0 radical (unpaired) electrons. The summed E-state index contributed by atoms with van der Waals surface area (Å²) in [6, 6.07) is 11.4. The standard InChI is InChI=1S/C22H27F3N2O2/c1-16-10-17(2)12-21(11-16)29-15-20(28)14-26-6-8-27(9-7-26)19-5-3-4-18(13-19)22(23,24)25/h3-5,10-13,20,28H,6-9,14-15H2,1-2H3. The van der Waals surface area contributed by atoms with Crippen LogP contribution in [-0.2, 0) is 6.18 Å². The van der Waals surface area contributed by atoms with Crippen molar-refractivity contribution in [3.8, 4) is 5.75 Å². The first-order valence-corrected chi connectivity index (χ1v) is 9.74. The van der Waals surface area contributed by atoms with E-state index in [4.69, 9.17) is 4.74 Å². The topological polar surface area (TPSA) is 35.9 Å². The minimum atomic E-state index is -4.34. The lowest BCUT2D eigenvalue weighted by atomic mass is 10.1. The molecule has 1 aliphatic rings. The van der Waals surface area contributed by atoms with E-state index in [1.807, 2.05) is 30.9 Å². The molecule has 1 saturated heterocycles. The summed E-state index contributed by atoms with van der Waals surface area (Å²) in [5, 5.41) is 10.3. The second kappa shape index (κ2) is 9.05. The van der Waals surface area contributed by atoms with Crippen LogP contribution < -0.4 is 9.64 Å². The van der Waals surface area contributed by atoms with E-state index < -0.39 is 17.8 Å². The number of β-amino-alcohol motifs (C(OH)–C–C–N with tert-alkyl or cyclic N) is 1. The molecule has 0 spiro atoms. The maximum Gasteiger partial charge on any atom is 0.416 e. The van der Waals surface area contributed by atoms with Gasteiger partial charge < -0.3 is 14.7 Å². The van der Waals surface area contributed by atoms with Gasteiger partial charge in [-0.3, -0.25) is 4.90 Å². The third kappa shape index (κ3) is 6.11. The highest BCUT2D eigenvalue weighted by molar-refractivity contribution is 5.49. The molecule has 7 heteroatoms. The minimum Gasteiger partial charge on any atom is -0.491 e. The Kier molecular flexibility index (Phi) is 6.70. The van der Waals surface area contributed by atoms with Gasteiger partial charge in [-0.25, -0.2) is 0 Å². The van der Waals surface area contributed by atoms with E-state index in [1.165, 1.54) is 12.1 Å². The van der Waals surface area contributed by atoms with Crippen molar-refractivity contribution >= 4 is 5.69 Å². The Morgan fingerprint density at radius 3 is 2.28 bits per heavy atom. The van der Waals surface area contributed by atoms with Crippen molar-refractivity contribution in [1.82, 2.24) is 4.90 Å². The molecule has 1 atom stereocenters. The Morgan fingerprint density at radius 1 is 1.00 bits per heavy atom. The number of aryl methyl sites for hydroxylation is 2. The number of hydrogen-bond donors (Lipinski definition) is 1. The van der Waals surface area contributed by atoms with Crippen LogP contribution in [0.1, 0.15) is 16.7 Å². The third-order valence-corrected chi connectivity index (χ3v) is 5.02. The summed E-state index contributed by atoms with van der Waals surface area (Å²) in [6.45, 7) is 7.27. The fourth-order valence-corrected chi connectivity index (χ4v) is 3.63. The van der Waals surface area contributed by atoms with Crippen molar-refractivity contribution < 1.29 is 23.0 Å². The molecule has 0 saturated carbocycles. The number of piperazine rings is 1. The highest BCUT2D eigenvalue weighted by atomic mass is 19.4. The van der Waals surface area contributed by atoms with Crippen LogP contribution >= 0.6 is 0 Å². The van der Waals surface area contributed by atoms with Gasteiger partial charge in [0.15, 0.2) is 0 Å². The fourth-order valence-electron chi connectivity index (χ4n) is 3.63. The first-order chi connectivity index (χ1) is 13.7. The number of benzene rings is 2. The zero-order valence-electron chi connectivity index (χ0n) is 16.7. The quantitative estimate of drug-likeness (QED) is 0.787. The van der Waals surface area contributed by atoms with Crippen molar-refractivity contribution in [3.05, 3.63) is 59.2 Å². The summed E-state index contributed by atoms with van der Waals surface area (Å²) in [4.78, 5) is 4.06. The van der Waals surface area contributed by atoms with Crippen LogP contribution in [0.5, 0.6) is 5.75 Å². The van der Waals surface area contributed by atoms with Crippen LogP contribution in [0.25, 0.3) is 0 Å². The number of anilines is 1. The molecular formula is C22H27F3N2O2. The van der Waals surface area contributed by atoms with Crippen LogP contribution in [0.4, 0.5) is 18.9 Å². The molecule has 2 aromatic rings. The molecule has 2 aromatic carbocycles. The molecule has 1 aliphatic heterocycles. The second-order valence-corrected chi connectivity index (χ2v) is 7.62. The van der Waals surface area contributed by atoms with Crippen LogP contribution in [0.3, 0.4) is 0 Å². The molecule has 1 heterocycles. The molecule has 0 aliphatic carbocycles.